The Balaban J connectivity index is 2.46. The van der Waals surface area contributed by atoms with Crippen LogP contribution in [0.2, 0.25) is 0 Å². The predicted octanol–water partition coefficient (Wildman–Crippen LogP) is 5.09. The first kappa shape index (κ1) is 20.8. The maximum atomic E-state index is 13.5. The zero-order chi connectivity index (χ0) is 20.0. The molecule has 2 aromatic rings. The van der Waals surface area contributed by atoms with E-state index in [1.165, 1.54) is 11.9 Å². The summed E-state index contributed by atoms with van der Waals surface area (Å²) in [5, 5.41) is 0. The van der Waals surface area contributed by atoms with E-state index in [9.17, 15) is 13.2 Å². The second-order valence-corrected chi connectivity index (χ2v) is 6.47. The summed E-state index contributed by atoms with van der Waals surface area (Å²) in [5.41, 5.74) is -0.461. The fraction of sp³-hybridized carbons (Fsp3) is 0.474. The van der Waals surface area contributed by atoms with Crippen molar-refractivity contribution in [3.05, 3.63) is 36.0 Å². The van der Waals surface area contributed by atoms with Crippen LogP contribution in [0.25, 0.3) is 0 Å². The van der Waals surface area contributed by atoms with E-state index < -0.39 is 11.7 Å². The van der Waals surface area contributed by atoms with Crippen LogP contribution in [-0.2, 0) is 6.18 Å². The van der Waals surface area contributed by atoms with Crippen LogP contribution in [0.15, 0.2) is 30.5 Å². The average molecular weight is 383 g/mol. The molecule has 5 nitrogen and oxygen atoms in total. The molecular weight excluding hydrogens is 359 g/mol. The van der Waals surface area contributed by atoms with Crippen molar-refractivity contribution in [2.45, 2.75) is 33.4 Å². The molecule has 0 N–H and O–H groups in total. The van der Waals surface area contributed by atoms with Gasteiger partial charge in [0.25, 0.3) is 0 Å². The smallest absolute Gasteiger partial charge is 0.421 e. The van der Waals surface area contributed by atoms with Gasteiger partial charge in [-0.3, -0.25) is 0 Å². The van der Waals surface area contributed by atoms with Crippen LogP contribution in [0.3, 0.4) is 0 Å². The predicted molar refractivity (Wildman–Crippen MR) is 97.7 cm³/mol. The molecule has 0 radical (unpaired) electrons. The Morgan fingerprint density at radius 3 is 2.48 bits per heavy atom. The number of hydrogen-bond acceptors (Lipinski definition) is 5. The highest BCUT2D eigenvalue weighted by Crippen LogP contribution is 2.40. The van der Waals surface area contributed by atoms with Crippen molar-refractivity contribution < 1.29 is 22.6 Å². The molecule has 0 aliphatic rings. The lowest BCUT2D eigenvalue weighted by atomic mass is 10.2. The van der Waals surface area contributed by atoms with Crippen molar-refractivity contribution in [2.75, 3.05) is 25.2 Å². The summed E-state index contributed by atoms with van der Waals surface area (Å²) in [5.74, 6) is 0.391. The van der Waals surface area contributed by atoms with Crippen molar-refractivity contribution in [2.24, 2.45) is 5.92 Å². The number of anilines is 2. The van der Waals surface area contributed by atoms with Crippen LogP contribution in [0.4, 0.5) is 24.7 Å². The van der Waals surface area contributed by atoms with Crippen LogP contribution < -0.4 is 14.4 Å². The molecule has 2 rings (SSSR count). The number of rotatable bonds is 8. The molecule has 0 saturated heterocycles. The zero-order valence-electron chi connectivity index (χ0n) is 15.9. The molecule has 0 aliphatic heterocycles. The molecule has 1 aromatic carbocycles. The van der Waals surface area contributed by atoms with Crippen LogP contribution in [-0.4, -0.2) is 30.2 Å². The standard InChI is InChI=1S/C19H24F3N3O2/c1-5-10-26-16-9-7-6-8-15(16)25(4)17-14(19(20,21)22)11-23-18(24-17)27-12-13(2)3/h6-9,11,13H,5,10,12H2,1-4H3. The van der Waals surface area contributed by atoms with E-state index in [-0.39, 0.29) is 17.7 Å². The highest BCUT2D eigenvalue weighted by Gasteiger charge is 2.37. The van der Waals surface area contributed by atoms with Crippen molar-refractivity contribution in [3.63, 3.8) is 0 Å². The lowest BCUT2D eigenvalue weighted by molar-refractivity contribution is -0.137. The largest absolute Gasteiger partial charge is 0.491 e. The second kappa shape index (κ2) is 8.92. The highest BCUT2D eigenvalue weighted by molar-refractivity contribution is 5.68. The van der Waals surface area contributed by atoms with Gasteiger partial charge < -0.3 is 14.4 Å². The number of nitrogens with zero attached hydrogens (tertiary/aromatic N) is 3. The van der Waals surface area contributed by atoms with Gasteiger partial charge in [-0.15, -0.1) is 0 Å². The summed E-state index contributed by atoms with van der Waals surface area (Å²) in [6.45, 7) is 6.59. The van der Waals surface area contributed by atoms with E-state index in [0.29, 0.717) is 24.7 Å². The molecule has 1 heterocycles. The lowest BCUT2D eigenvalue weighted by Gasteiger charge is -2.24. The third-order valence-electron chi connectivity index (χ3n) is 3.60. The molecule has 0 spiro atoms. The van der Waals surface area contributed by atoms with E-state index in [4.69, 9.17) is 9.47 Å². The van der Waals surface area contributed by atoms with Crippen LogP contribution in [0.1, 0.15) is 32.8 Å². The van der Waals surface area contributed by atoms with Crippen molar-refractivity contribution in [1.29, 1.82) is 0 Å². The average Bonchev–Trinajstić information content (AvgIpc) is 2.63. The Morgan fingerprint density at radius 2 is 1.85 bits per heavy atom. The van der Waals surface area contributed by atoms with E-state index >= 15 is 0 Å². The molecular formula is C19H24F3N3O2. The molecule has 0 fully saturated rings. The monoisotopic (exact) mass is 383 g/mol. The Kier molecular flexibility index (Phi) is 6.87. The van der Waals surface area contributed by atoms with Gasteiger partial charge in [-0.1, -0.05) is 32.9 Å². The van der Waals surface area contributed by atoms with Crippen LogP contribution in [0.5, 0.6) is 11.8 Å². The number of aromatic nitrogens is 2. The summed E-state index contributed by atoms with van der Waals surface area (Å²) < 4.78 is 51.6. The van der Waals surface area contributed by atoms with E-state index in [0.717, 1.165) is 12.6 Å². The fourth-order valence-corrected chi connectivity index (χ4v) is 2.31. The van der Waals surface area contributed by atoms with Gasteiger partial charge in [-0.05, 0) is 24.5 Å². The highest BCUT2D eigenvalue weighted by atomic mass is 19.4. The molecule has 0 bridgehead atoms. The Hall–Kier alpha value is -2.51. The Bertz CT molecular complexity index is 751. The number of ether oxygens (including phenoxy) is 2. The fourth-order valence-electron chi connectivity index (χ4n) is 2.31. The van der Waals surface area contributed by atoms with Crippen molar-refractivity contribution in [1.82, 2.24) is 9.97 Å². The van der Waals surface area contributed by atoms with Crippen molar-refractivity contribution in [3.8, 4) is 11.8 Å². The summed E-state index contributed by atoms with van der Waals surface area (Å²) >= 11 is 0. The minimum absolute atomic E-state index is 0.0921. The molecule has 0 saturated carbocycles. The molecule has 8 heteroatoms. The quantitative estimate of drug-likeness (QED) is 0.636. The van der Waals surface area contributed by atoms with E-state index in [1.807, 2.05) is 20.8 Å². The molecule has 0 atom stereocenters. The van der Waals surface area contributed by atoms with Gasteiger partial charge >= 0.3 is 12.2 Å². The summed E-state index contributed by atoms with van der Waals surface area (Å²) in [4.78, 5) is 9.09. The Morgan fingerprint density at radius 1 is 1.15 bits per heavy atom. The van der Waals surface area contributed by atoms with Gasteiger partial charge in [0.2, 0.25) is 0 Å². The minimum Gasteiger partial charge on any atom is -0.491 e. The molecule has 0 amide bonds. The van der Waals surface area contributed by atoms with Gasteiger partial charge in [0.05, 0.1) is 18.9 Å². The van der Waals surface area contributed by atoms with Crippen molar-refractivity contribution >= 4 is 11.5 Å². The minimum atomic E-state index is -4.60. The summed E-state index contributed by atoms with van der Waals surface area (Å²) in [7, 11) is 1.51. The maximum Gasteiger partial charge on any atom is 0.421 e. The molecule has 27 heavy (non-hydrogen) atoms. The third-order valence-corrected chi connectivity index (χ3v) is 3.60. The van der Waals surface area contributed by atoms with Gasteiger partial charge in [-0.25, -0.2) is 4.98 Å². The third kappa shape index (κ3) is 5.48. The summed E-state index contributed by atoms with van der Waals surface area (Å²) in [6, 6.07) is 6.80. The molecule has 0 unspecified atom stereocenters. The SMILES string of the molecule is CCCOc1ccccc1N(C)c1nc(OCC(C)C)ncc1C(F)(F)F. The topological polar surface area (TPSA) is 47.5 Å². The van der Waals surface area contributed by atoms with Gasteiger partial charge in [0.15, 0.2) is 5.82 Å². The maximum absolute atomic E-state index is 13.5. The number of para-hydroxylation sites is 2. The van der Waals surface area contributed by atoms with Crippen LogP contribution >= 0.6 is 0 Å². The first-order chi connectivity index (χ1) is 12.7. The molecule has 0 aliphatic carbocycles. The van der Waals surface area contributed by atoms with Gasteiger partial charge in [0, 0.05) is 13.2 Å². The first-order valence-corrected chi connectivity index (χ1v) is 8.76. The van der Waals surface area contributed by atoms with E-state index in [2.05, 4.69) is 9.97 Å². The normalized spacial score (nSPS) is 11.6. The first-order valence-electron chi connectivity index (χ1n) is 8.76. The van der Waals surface area contributed by atoms with Crippen LogP contribution in [0, 0.1) is 5.92 Å². The molecule has 1 aromatic heterocycles. The van der Waals surface area contributed by atoms with E-state index in [1.54, 1.807) is 24.3 Å². The second-order valence-electron chi connectivity index (χ2n) is 6.47. The lowest BCUT2D eigenvalue weighted by Crippen LogP contribution is -2.20. The number of alkyl halides is 3. The van der Waals surface area contributed by atoms with Gasteiger partial charge in [0.1, 0.15) is 11.3 Å². The molecule has 148 valence electrons. The number of benzene rings is 1. The van der Waals surface area contributed by atoms with Gasteiger partial charge in [-0.2, -0.15) is 18.2 Å². The Labute approximate surface area is 157 Å². The number of hydrogen-bond donors (Lipinski definition) is 0. The zero-order valence-corrected chi connectivity index (χ0v) is 15.9. The number of halogens is 3. The summed E-state index contributed by atoms with van der Waals surface area (Å²) in [6.07, 6.45) is -3.06.